The minimum absolute atomic E-state index is 0.192. The predicted molar refractivity (Wildman–Crippen MR) is 79.9 cm³/mol. The first-order valence-electron chi connectivity index (χ1n) is 6.50. The van der Waals surface area contributed by atoms with Gasteiger partial charge in [0.1, 0.15) is 0 Å². The molecule has 0 amide bonds. The Morgan fingerprint density at radius 3 is 2.19 bits per heavy atom. The highest BCUT2D eigenvalue weighted by molar-refractivity contribution is 7.92. The van der Waals surface area contributed by atoms with Crippen LogP contribution in [-0.2, 0) is 10.0 Å². The summed E-state index contributed by atoms with van der Waals surface area (Å²) < 4.78 is 32.4. The summed E-state index contributed by atoms with van der Waals surface area (Å²) in [4.78, 5) is 8.47. The fourth-order valence-electron chi connectivity index (χ4n) is 1.82. The summed E-state index contributed by atoms with van der Waals surface area (Å²) in [6.45, 7) is 5.70. The molecule has 0 saturated carbocycles. The molecule has 0 unspecified atom stereocenters. The van der Waals surface area contributed by atoms with E-state index in [0.29, 0.717) is 23.7 Å². The smallest absolute Gasteiger partial charge is 0.316 e. The summed E-state index contributed by atoms with van der Waals surface area (Å²) in [5.74, 6) is 0. The van der Waals surface area contributed by atoms with E-state index in [9.17, 15) is 8.42 Å². The Morgan fingerprint density at radius 2 is 1.67 bits per heavy atom. The largest absolute Gasteiger partial charge is 0.464 e. The molecular weight excluding hydrogens is 290 g/mol. The van der Waals surface area contributed by atoms with Gasteiger partial charge >= 0.3 is 6.01 Å². The van der Waals surface area contributed by atoms with Gasteiger partial charge in [0, 0.05) is 0 Å². The second-order valence-electron chi connectivity index (χ2n) is 4.40. The van der Waals surface area contributed by atoms with Gasteiger partial charge in [-0.1, -0.05) is 18.2 Å². The van der Waals surface area contributed by atoms with Gasteiger partial charge in [-0.25, -0.2) is 8.42 Å². The van der Waals surface area contributed by atoms with Crippen LogP contribution in [0.2, 0.25) is 0 Å². The summed E-state index contributed by atoms with van der Waals surface area (Å²) >= 11 is 0. The van der Waals surface area contributed by atoms with Crippen LogP contribution >= 0.6 is 0 Å². The molecule has 21 heavy (non-hydrogen) atoms. The SMILES string of the molecule is CCOc1nc(C)c(NS(=O)(=O)c2ccccc2)c(C)n1. The molecule has 6 nitrogen and oxygen atoms in total. The van der Waals surface area contributed by atoms with Crippen LogP contribution < -0.4 is 9.46 Å². The second-order valence-corrected chi connectivity index (χ2v) is 6.09. The Labute approximate surface area is 124 Å². The Morgan fingerprint density at radius 1 is 1.10 bits per heavy atom. The van der Waals surface area contributed by atoms with Gasteiger partial charge in [-0.2, -0.15) is 9.97 Å². The van der Waals surface area contributed by atoms with Crippen LogP contribution in [0.1, 0.15) is 18.3 Å². The summed E-state index contributed by atoms with van der Waals surface area (Å²) in [5, 5.41) is 0. The summed E-state index contributed by atoms with van der Waals surface area (Å²) in [5.41, 5.74) is 1.42. The fourth-order valence-corrected chi connectivity index (χ4v) is 3.02. The molecular formula is C14H17N3O3S. The third-order valence-corrected chi connectivity index (χ3v) is 4.18. The van der Waals surface area contributed by atoms with E-state index in [0.717, 1.165) is 0 Å². The number of rotatable bonds is 5. The average Bonchev–Trinajstić information content (AvgIpc) is 2.44. The van der Waals surface area contributed by atoms with Gasteiger partial charge in [-0.3, -0.25) is 4.72 Å². The highest BCUT2D eigenvalue weighted by atomic mass is 32.2. The van der Waals surface area contributed by atoms with Crippen LogP contribution in [0.4, 0.5) is 5.69 Å². The first-order valence-corrected chi connectivity index (χ1v) is 7.98. The lowest BCUT2D eigenvalue weighted by Crippen LogP contribution is -2.16. The Hall–Kier alpha value is -2.15. The number of anilines is 1. The number of nitrogens with one attached hydrogen (secondary N) is 1. The van der Waals surface area contributed by atoms with E-state index in [4.69, 9.17) is 4.74 Å². The zero-order valence-corrected chi connectivity index (χ0v) is 12.9. The maximum absolute atomic E-state index is 12.3. The van der Waals surface area contributed by atoms with Crippen molar-refractivity contribution < 1.29 is 13.2 Å². The molecule has 2 rings (SSSR count). The third kappa shape index (κ3) is 3.49. The molecule has 1 N–H and O–H groups in total. The minimum atomic E-state index is -3.65. The topological polar surface area (TPSA) is 81.2 Å². The number of ether oxygens (including phenoxy) is 1. The maximum Gasteiger partial charge on any atom is 0.316 e. The molecule has 1 aromatic heterocycles. The van der Waals surface area contributed by atoms with Crippen LogP contribution in [0.25, 0.3) is 0 Å². The molecule has 0 radical (unpaired) electrons. The summed E-state index contributed by atoms with van der Waals surface area (Å²) in [6, 6.07) is 8.40. The second kappa shape index (κ2) is 6.09. The highest BCUT2D eigenvalue weighted by Gasteiger charge is 2.18. The first kappa shape index (κ1) is 15.2. The molecule has 0 aliphatic carbocycles. The van der Waals surface area contributed by atoms with Crippen molar-refractivity contribution in [3.8, 4) is 6.01 Å². The van der Waals surface area contributed by atoms with Crippen LogP contribution in [0.15, 0.2) is 35.2 Å². The molecule has 0 saturated heterocycles. The third-order valence-electron chi connectivity index (χ3n) is 2.81. The number of aryl methyl sites for hydroxylation is 2. The van der Waals surface area contributed by atoms with Crippen molar-refractivity contribution in [3.63, 3.8) is 0 Å². The number of sulfonamides is 1. The van der Waals surface area contributed by atoms with Gasteiger partial charge in [-0.15, -0.1) is 0 Å². The van der Waals surface area contributed by atoms with E-state index in [1.54, 1.807) is 32.0 Å². The number of benzene rings is 1. The quantitative estimate of drug-likeness (QED) is 0.916. The van der Waals surface area contributed by atoms with Crippen molar-refractivity contribution in [2.24, 2.45) is 0 Å². The van der Waals surface area contributed by atoms with Crippen molar-refractivity contribution in [2.45, 2.75) is 25.7 Å². The molecule has 7 heteroatoms. The molecule has 1 aromatic carbocycles. The first-order chi connectivity index (χ1) is 9.94. The molecule has 2 aromatic rings. The Balaban J connectivity index is 2.36. The van der Waals surface area contributed by atoms with Gasteiger partial charge in [0.2, 0.25) is 0 Å². The van der Waals surface area contributed by atoms with Crippen LogP contribution in [0, 0.1) is 13.8 Å². The molecule has 0 fully saturated rings. The maximum atomic E-state index is 12.3. The van der Waals surface area contributed by atoms with Crippen LogP contribution in [-0.4, -0.2) is 25.0 Å². The number of hydrogen-bond donors (Lipinski definition) is 1. The van der Waals surface area contributed by atoms with Crippen molar-refractivity contribution in [1.29, 1.82) is 0 Å². The van der Waals surface area contributed by atoms with Crippen molar-refractivity contribution in [2.75, 3.05) is 11.3 Å². The lowest BCUT2D eigenvalue weighted by Gasteiger charge is -2.13. The molecule has 0 bridgehead atoms. The van der Waals surface area contributed by atoms with Crippen molar-refractivity contribution in [3.05, 3.63) is 41.7 Å². The molecule has 0 aliphatic rings. The Bertz CT molecular complexity index is 707. The molecule has 0 atom stereocenters. The summed E-state index contributed by atoms with van der Waals surface area (Å²) in [6.07, 6.45) is 0. The van der Waals surface area contributed by atoms with Gasteiger partial charge in [0.25, 0.3) is 10.0 Å². The summed E-state index contributed by atoms with van der Waals surface area (Å²) in [7, 11) is -3.65. The number of nitrogens with zero attached hydrogens (tertiary/aromatic N) is 2. The Kier molecular flexibility index (Phi) is 4.42. The van der Waals surface area contributed by atoms with E-state index in [1.165, 1.54) is 12.1 Å². The molecule has 0 aliphatic heterocycles. The van der Waals surface area contributed by atoms with E-state index >= 15 is 0 Å². The van der Waals surface area contributed by atoms with E-state index in [2.05, 4.69) is 14.7 Å². The number of aromatic nitrogens is 2. The lowest BCUT2D eigenvalue weighted by atomic mass is 10.3. The number of hydrogen-bond acceptors (Lipinski definition) is 5. The zero-order valence-electron chi connectivity index (χ0n) is 12.1. The van der Waals surface area contributed by atoms with Gasteiger partial charge in [0.15, 0.2) is 0 Å². The lowest BCUT2D eigenvalue weighted by molar-refractivity contribution is 0.311. The molecule has 1 heterocycles. The van der Waals surface area contributed by atoms with E-state index < -0.39 is 10.0 Å². The van der Waals surface area contributed by atoms with Crippen LogP contribution in [0.5, 0.6) is 6.01 Å². The zero-order chi connectivity index (χ0) is 15.5. The fraction of sp³-hybridized carbons (Fsp3) is 0.286. The minimum Gasteiger partial charge on any atom is -0.464 e. The van der Waals surface area contributed by atoms with Crippen molar-refractivity contribution in [1.82, 2.24) is 9.97 Å². The monoisotopic (exact) mass is 307 g/mol. The highest BCUT2D eigenvalue weighted by Crippen LogP contribution is 2.23. The van der Waals surface area contributed by atoms with Gasteiger partial charge < -0.3 is 4.74 Å². The van der Waals surface area contributed by atoms with Crippen LogP contribution in [0.3, 0.4) is 0 Å². The normalized spacial score (nSPS) is 11.2. The molecule has 0 spiro atoms. The van der Waals surface area contributed by atoms with E-state index in [-0.39, 0.29) is 10.9 Å². The average molecular weight is 307 g/mol. The van der Waals surface area contributed by atoms with Gasteiger partial charge in [-0.05, 0) is 32.9 Å². The predicted octanol–water partition coefficient (Wildman–Crippen LogP) is 2.29. The standard InChI is InChI=1S/C14H17N3O3S/c1-4-20-14-15-10(2)13(11(3)16-14)17-21(18,19)12-8-6-5-7-9-12/h5-9,17H,4H2,1-3H3. The van der Waals surface area contributed by atoms with E-state index in [1.807, 2.05) is 6.92 Å². The van der Waals surface area contributed by atoms with Crippen molar-refractivity contribution >= 4 is 15.7 Å². The molecule has 112 valence electrons. The van der Waals surface area contributed by atoms with Gasteiger partial charge in [0.05, 0.1) is 28.6 Å².